The van der Waals surface area contributed by atoms with E-state index in [0.29, 0.717) is 6.54 Å². The van der Waals surface area contributed by atoms with Crippen molar-refractivity contribution in [1.29, 1.82) is 0 Å². The van der Waals surface area contributed by atoms with E-state index in [1.54, 1.807) is 23.1 Å². The van der Waals surface area contributed by atoms with Crippen molar-refractivity contribution in [3.63, 3.8) is 0 Å². The summed E-state index contributed by atoms with van der Waals surface area (Å²) in [7, 11) is 0. The van der Waals surface area contributed by atoms with Crippen LogP contribution in [0.5, 0.6) is 0 Å². The molecular weight excluding hydrogens is 386 g/mol. The number of H-pyrrole nitrogens is 1. The number of aryl methyl sites for hydroxylation is 1. The van der Waals surface area contributed by atoms with Crippen LogP contribution in [0.15, 0.2) is 71.9 Å². The van der Waals surface area contributed by atoms with Gasteiger partial charge in [-0.05, 0) is 49.2 Å². The molecule has 0 spiro atoms. The van der Waals surface area contributed by atoms with Crippen molar-refractivity contribution in [2.75, 3.05) is 6.54 Å². The number of benzene rings is 1. The molecule has 1 aliphatic heterocycles. The fraction of sp³-hybridized carbons (Fsp3) is 0.182. The fourth-order valence-electron chi connectivity index (χ4n) is 2.99. The van der Waals surface area contributed by atoms with Crippen LogP contribution in [0.25, 0.3) is 5.57 Å². The summed E-state index contributed by atoms with van der Waals surface area (Å²) in [5.41, 5.74) is 3.15. The number of nitrogens with one attached hydrogen (secondary N) is 1. The topological polar surface area (TPSA) is 49.0 Å². The minimum atomic E-state index is 0.141. The molecule has 142 valence electrons. The number of thiophene rings is 1. The van der Waals surface area contributed by atoms with E-state index in [9.17, 15) is 4.79 Å². The summed E-state index contributed by atoms with van der Waals surface area (Å²) in [6, 6.07) is 16.3. The van der Waals surface area contributed by atoms with Gasteiger partial charge in [-0.1, -0.05) is 24.3 Å². The standard InChI is InChI=1S/C22H21N3OS2/c1-16-9-10-22(28-16)21(26)14-25-11-5-6-17(13-25)20-12-18(23-24-20)15-27-19-7-3-2-4-8-19/h2-5,7-13H,6,14-15H2,1H3,(H,23,24). The summed E-state index contributed by atoms with van der Waals surface area (Å²) >= 11 is 3.33. The number of carbonyl (C=O) groups excluding carboxylic acids is 1. The van der Waals surface area contributed by atoms with Gasteiger partial charge in [-0.3, -0.25) is 9.89 Å². The largest absolute Gasteiger partial charge is 0.346 e. The molecule has 0 saturated heterocycles. The van der Waals surface area contributed by atoms with Gasteiger partial charge in [0.15, 0.2) is 5.78 Å². The van der Waals surface area contributed by atoms with Gasteiger partial charge in [0.25, 0.3) is 0 Å². The molecule has 1 N–H and O–H groups in total. The second-order valence-electron chi connectivity index (χ2n) is 6.63. The smallest absolute Gasteiger partial charge is 0.192 e. The molecule has 6 heteroatoms. The van der Waals surface area contributed by atoms with E-state index in [4.69, 9.17) is 0 Å². The van der Waals surface area contributed by atoms with Crippen molar-refractivity contribution in [2.45, 2.75) is 24.0 Å². The van der Waals surface area contributed by atoms with Crippen molar-refractivity contribution in [3.05, 3.63) is 88.1 Å². The zero-order valence-corrected chi connectivity index (χ0v) is 17.2. The molecule has 0 saturated carbocycles. The highest BCUT2D eigenvalue weighted by Crippen LogP contribution is 2.26. The Bertz CT molecular complexity index is 1020. The lowest BCUT2D eigenvalue weighted by atomic mass is 10.1. The Hall–Kier alpha value is -2.57. The molecule has 0 amide bonds. The minimum Gasteiger partial charge on any atom is -0.346 e. The van der Waals surface area contributed by atoms with Crippen LogP contribution >= 0.6 is 23.1 Å². The summed E-state index contributed by atoms with van der Waals surface area (Å²) in [5.74, 6) is 0.988. The highest BCUT2D eigenvalue weighted by atomic mass is 32.2. The number of thioether (sulfide) groups is 1. The Balaban J connectivity index is 1.40. The van der Waals surface area contributed by atoms with E-state index < -0.39 is 0 Å². The van der Waals surface area contributed by atoms with Gasteiger partial charge < -0.3 is 4.90 Å². The lowest BCUT2D eigenvalue weighted by molar-refractivity contribution is 0.0973. The van der Waals surface area contributed by atoms with Crippen molar-refractivity contribution in [1.82, 2.24) is 15.1 Å². The Morgan fingerprint density at radius 3 is 2.89 bits per heavy atom. The number of carbonyl (C=O) groups is 1. The molecule has 1 aromatic carbocycles. The third kappa shape index (κ3) is 4.64. The first-order valence-corrected chi connectivity index (χ1v) is 10.9. The third-order valence-corrected chi connectivity index (χ3v) is 6.50. The van der Waals surface area contributed by atoms with Crippen LogP contribution in [-0.4, -0.2) is 27.4 Å². The molecule has 28 heavy (non-hydrogen) atoms. The molecule has 2 aromatic heterocycles. The lowest BCUT2D eigenvalue weighted by Crippen LogP contribution is -2.21. The zero-order chi connectivity index (χ0) is 19.3. The van der Waals surface area contributed by atoms with Crippen LogP contribution < -0.4 is 0 Å². The molecule has 0 unspecified atom stereocenters. The number of hydrogen-bond acceptors (Lipinski definition) is 5. The molecule has 0 bridgehead atoms. The van der Waals surface area contributed by atoms with Crippen molar-refractivity contribution < 1.29 is 4.79 Å². The molecule has 3 aromatic rings. The maximum absolute atomic E-state index is 12.5. The maximum Gasteiger partial charge on any atom is 0.192 e. The molecule has 0 atom stereocenters. The van der Waals surface area contributed by atoms with E-state index in [0.717, 1.165) is 38.9 Å². The second-order valence-corrected chi connectivity index (χ2v) is 8.97. The van der Waals surface area contributed by atoms with Gasteiger partial charge in [0.1, 0.15) is 0 Å². The fourth-order valence-corrected chi connectivity index (χ4v) is 4.60. The number of hydrogen-bond donors (Lipinski definition) is 1. The van der Waals surface area contributed by atoms with Gasteiger partial charge in [-0.25, -0.2) is 0 Å². The van der Waals surface area contributed by atoms with Gasteiger partial charge >= 0.3 is 0 Å². The molecule has 4 rings (SSSR count). The van der Waals surface area contributed by atoms with Gasteiger partial charge in [0.2, 0.25) is 0 Å². The molecule has 0 fully saturated rings. The predicted octanol–water partition coefficient (Wildman–Crippen LogP) is 5.52. The monoisotopic (exact) mass is 407 g/mol. The van der Waals surface area contributed by atoms with Crippen molar-refractivity contribution in [3.8, 4) is 0 Å². The Morgan fingerprint density at radius 1 is 1.25 bits per heavy atom. The summed E-state index contributed by atoms with van der Waals surface area (Å²) in [5, 5.41) is 7.62. The number of allylic oxidation sites excluding steroid dienone is 2. The Kier molecular flexibility index (Phi) is 5.78. The summed E-state index contributed by atoms with van der Waals surface area (Å²) < 4.78 is 0. The zero-order valence-electron chi connectivity index (χ0n) is 15.6. The normalized spacial score (nSPS) is 13.6. The number of ketones is 1. The summed E-state index contributed by atoms with van der Waals surface area (Å²) in [6.45, 7) is 2.37. The van der Waals surface area contributed by atoms with Gasteiger partial charge in [0.05, 0.1) is 17.1 Å². The third-order valence-electron chi connectivity index (χ3n) is 4.40. The molecule has 0 aliphatic carbocycles. The number of aromatic nitrogens is 2. The number of rotatable bonds is 7. The van der Waals surface area contributed by atoms with Crippen molar-refractivity contribution in [2.24, 2.45) is 0 Å². The van der Waals surface area contributed by atoms with E-state index in [2.05, 4.69) is 34.5 Å². The van der Waals surface area contributed by atoms with E-state index in [1.165, 1.54) is 4.90 Å². The molecule has 3 heterocycles. The van der Waals surface area contributed by atoms with Crippen LogP contribution in [0.1, 0.15) is 32.4 Å². The van der Waals surface area contributed by atoms with Gasteiger partial charge in [-0.15, -0.1) is 23.1 Å². The summed E-state index contributed by atoms with van der Waals surface area (Å²) in [4.78, 5) is 17.6. The maximum atomic E-state index is 12.5. The van der Waals surface area contributed by atoms with Crippen molar-refractivity contribution >= 4 is 34.5 Å². The predicted molar refractivity (Wildman–Crippen MR) is 116 cm³/mol. The van der Waals surface area contributed by atoms with Crippen LogP contribution in [0.3, 0.4) is 0 Å². The van der Waals surface area contributed by atoms with E-state index >= 15 is 0 Å². The number of nitrogens with zero attached hydrogens (tertiary/aromatic N) is 2. The minimum absolute atomic E-state index is 0.141. The first-order valence-electron chi connectivity index (χ1n) is 9.12. The average Bonchev–Trinajstić information content (AvgIpc) is 3.37. The van der Waals surface area contributed by atoms with Gasteiger partial charge in [0, 0.05) is 33.6 Å². The molecular formula is C22H21N3OS2. The number of Topliss-reactive ketones (excluding diaryl/α,β-unsaturated/α-hetero) is 1. The Morgan fingerprint density at radius 2 is 2.11 bits per heavy atom. The Labute approximate surface area is 173 Å². The first-order chi connectivity index (χ1) is 13.7. The number of aromatic amines is 1. The lowest BCUT2D eigenvalue weighted by Gasteiger charge is -2.19. The van der Waals surface area contributed by atoms with Crippen LogP contribution in [0, 0.1) is 6.92 Å². The SMILES string of the molecule is Cc1ccc(C(=O)CN2C=CCC(c3cc(CSc4ccccc4)[nH]n3)=C2)s1. The van der Waals surface area contributed by atoms with Gasteiger partial charge in [-0.2, -0.15) is 5.10 Å². The molecule has 4 nitrogen and oxygen atoms in total. The highest BCUT2D eigenvalue weighted by molar-refractivity contribution is 7.98. The van der Waals surface area contributed by atoms with Crippen LogP contribution in [0.4, 0.5) is 0 Å². The van der Waals surface area contributed by atoms with Crippen LogP contribution in [-0.2, 0) is 5.75 Å². The average molecular weight is 408 g/mol. The quantitative estimate of drug-likeness (QED) is 0.414. The second kappa shape index (κ2) is 8.63. The van der Waals surface area contributed by atoms with Crippen LogP contribution in [0.2, 0.25) is 0 Å². The van der Waals surface area contributed by atoms with E-state index in [-0.39, 0.29) is 5.78 Å². The summed E-state index contributed by atoms with van der Waals surface area (Å²) in [6.07, 6.45) is 6.90. The first kappa shape index (κ1) is 18.8. The molecule has 1 aliphatic rings. The molecule has 0 radical (unpaired) electrons. The highest BCUT2D eigenvalue weighted by Gasteiger charge is 2.15. The van der Waals surface area contributed by atoms with E-state index in [1.807, 2.05) is 54.6 Å².